The van der Waals surface area contributed by atoms with Gasteiger partial charge in [0.1, 0.15) is 37.0 Å². The van der Waals surface area contributed by atoms with E-state index < -0.39 is 29.2 Å². The minimum absolute atomic E-state index is 0.0487. The second kappa shape index (κ2) is 12.3. The molecule has 10 nitrogen and oxygen atoms in total. The van der Waals surface area contributed by atoms with Crippen molar-refractivity contribution in [2.45, 2.75) is 52.4 Å². The highest BCUT2D eigenvalue weighted by atomic mass is 19.1. The van der Waals surface area contributed by atoms with Crippen LogP contribution in [-0.4, -0.2) is 56.2 Å². The highest BCUT2D eigenvalue weighted by molar-refractivity contribution is 5.85. The van der Waals surface area contributed by atoms with Crippen molar-refractivity contribution in [3.05, 3.63) is 76.5 Å². The second-order valence-corrected chi connectivity index (χ2v) is 10.9. The number of ether oxygens (including phenoxy) is 1. The van der Waals surface area contributed by atoms with E-state index >= 15 is 0 Å². The molecular formula is C30H33FN6O4. The van der Waals surface area contributed by atoms with Crippen LogP contribution in [0, 0.1) is 16.7 Å². The molecule has 1 amide bonds. The minimum Gasteiger partial charge on any atom is -0.489 e. The number of nitrogens with one attached hydrogen (secondary N) is 2. The number of fused-ring (bicyclic) bond motifs is 2. The molecule has 2 aromatic heterocycles. The predicted octanol–water partition coefficient (Wildman–Crippen LogP) is 3.55. The summed E-state index contributed by atoms with van der Waals surface area (Å²) >= 11 is 0. The third-order valence-electron chi connectivity index (χ3n) is 6.66. The summed E-state index contributed by atoms with van der Waals surface area (Å²) in [5.74, 6) is 0.286. The van der Waals surface area contributed by atoms with Crippen molar-refractivity contribution in [2.75, 3.05) is 13.2 Å². The molecular weight excluding hydrogens is 527 g/mol. The number of benzene rings is 2. The fraction of sp³-hybridized carbons (Fsp3) is 0.367. The molecule has 2 aromatic carbocycles. The van der Waals surface area contributed by atoms with E-state index in [9.17, 15) is 24.3 Å². The number of imidazole rings is 1. The molecule has 2 unspecified atom stereocenters. The Hall–Kier alpha value is -4.56. The summed E-state index contributed by atoms with van der Waals surface area (Å²) in [6, 6.07) is 12.2. The molecule has 11 heteroatoms. The summed E-state index contributed by atoms with van der Waals surface area (Å²) in [7, 11) is 0. The number of alkyl halides is 1. The molecule has 0 fully saturated rings. The first-order chi connectivity index (χ1) is 19.5. The lowest BCUT2D eigenvalue weighted by Gasteiger charge is -2.25. The summed E-state index contributed by atoms with van der Waals surface area (Å²) in [5, 5.41) is 28.0. The summed E-state index contributed by atoms with van der Waals surface area (Å²) in [5.41, 5.74) is 1.03. The Labute approximate surface area is 236 Å². The normalized spacial score (nSPS) is 13.1. The lowest BCUT2D eigenvalue weighted by atomic mass is 9.89. The van der Waals surface area contributed by atoms with E-state index in [1.54, 1.807) is 36.4 Å². The van der Waals surface area contributed by atoms with Gasteiger partial charge >= 0.3 is 0 Å². The Morgan fingerprint density at radius 2 is 2.05 bits per heavy atom. The van der Waals surface area contributed by atoms with Crippen LogP contribution in [0.5, 0.6) is 5.75 Å². The molecule has 0 saturated carbocycles. The van der Waals surface area contributed by atoms with Crippen molar-refractivity contribution >= 4 is 27.7 Å². The highest BCUT2D eigenvalue weighted by Gasteiger charge is 2.23. The molecule has 2 atom stereocenters. The molecule has 41 heavy (non-hydrogen) atoms. The number of carbonyl (C=O) groups excluding carboxylic acids is 1. The van der Waals surface area contributed by atoms with Gasteiger partial charge in [-0.2, -0.15) is 10.4 Å². The third-order valence-corrected chi connectivity index (χ3v) is 6.66. The van der Waals surface area contributed by atoms with Crippen LogP contribution >= 0.6 is 0 Å². The SMILES string of the molecule is C=CCC(F)COc1cc2nc(Cc3nn(CC(=O)NCC(O)C(C)(C)C)c(=O)c4ccccc34)[nH]c2cc1C#N. The van der Waals surface area contributed by atoms with Crippen molar-refractivity contribution in [3.8, 4) is 11.8 Å². The topological polar surface area (TPSA) is 146 Å². The van der Waals surface area contributed by atoms with E-state index in [4.69, 9.17) is 4.74 Å². The van der Waals surface area contributed by atoms with E-state index in [-0.39, 0.29) is 43.9 Å². The van der Waals surface area contributed by atoms with Crippen LogP contribution in [0.15, 0.2) is 53.8 Å². The van der Waals surface area contributed by atoms with Crippen molar-refractivity contribution in [1.82, 2.24) is 25.1 Å². The Morgan fingerprint density at radius 1 is 1.32 bits per heavy atom. The highest BCUT2D eigenvalue weighted by Crippen LogP contribution is 2.26. The molecule has 0 radical (unpaired) electrons. The molecule has 214 valence electrons. The zero-order valence-electron chi connectivity index (χ0n) is 23.3. The van der Waals surface area contributed by atoms with Gasteiger partial charge in [-0.25, -0.2) is 14.1 Å². The van der Waals surface area contributed by atoms with Gasteiger partial charge in [-0.3, -0.25) is 9.59 Å². The van der Waals surface area contributed by atoms with Crippen molar-refractivity contribution < 1.29 is 19.0 Å². The molecule has 0 saturated heterocycles. The molecule has 4 rings (SSSR count). The molecule has 0 spiro atoms. The van der Waals surface area contributed by atoms with Crippen LogP contribution in [0.1, 0.15) is 44.3 Å². The maximum atomic E-state index is 13.9. The van der Waals surface area contributed by atoms with Crippen molar-refractivity contribution in [2.24, 2.45) is 5.41 Å². The summed E-state index contributed by atoms with van der Waals surface area (Å²) < 4.78 is 20.6. The van der Waals surface area contributed by atoms with Crippen molar-refractivity contribution in [1.29, 1.82) is 5.26 Å². The first-order valence-electron chi connectivity index (χ1n) is 13.2. The molecule has 0 aliphatic rings. The van der Waals surface area contributed by atoms with Crippen LogP contribution in [0.25, 0.3) is 21.8 Å². The van der Waals surface area contributed by atoms with Crippen LogP contribution in [-0.2, 0) is 17.8 Å². The number of H-pyrrole nitrogens is 1. The number of aromatic amines is 1. The fourth-order valence-corrected chi connectivity index (χ4v) is 4.22. The van der Waals surface area contributed by atoms with Gasteiger partial charge in [0.15, 0.2) is 0 Å². The zero-order chi connectivity index (χ0) is 29.7. The Kier molecular flexibility index (Phi) is 8.83. The van der Waals surface area contributed by atoms with Crippen LogP contribution in [0.3, 0.4) is 0 Å². The van der Waals surface area contributed by atoms with Gasteiger partial charge in [0, 0.05) is 18.0 Å². The smallest absolute Gasteiger partial charge is 0.275 e. The van der Waals surface area contributed by atoms with Gasteiger partial charge in [-0.15, -0.1) is 6.58 Å². The van der Waals surface area contributed by atoms with Crippen LogP contribution < -0.4 is 15.6 Å². The Morgan fingerprint density at radius 3 is 2.73 bits per heavy atom. The lowest BCUT2D eigenvalue weighted by molar-refractivity contribution is -0.122. The van der Waals surface area contributed by atoms with Gasteiger partial charge in [0.25, 0.3) is 5.56 Å². The first kappa shape index (κ1) is 29.4. The van der Waals surface area contributed by atoms with E-state index in [0.717, 1.165) is 4.68 Å². The molecule has 0 aliphatic carbocycles. The minimum atomic E-state index is -1.25. The van der Waals surface area contributed by atoms with Crippen molar-refractivity contribution in [3.63, 3.8) is 0 Å². The first-order valence-corrected chi connectivity index (χ1v) is 13.2. The van der Waals surface area contributed by atoms with E-state index in [1.807, 2.05) is 20.8 Å². The third kappa shape index (κ3) is 6.96. The number of aliphatic hydroxyl groups is 1. The predicted molar refractivity (Wildman–Crippen MR) is 153 cm³/mol. The number of hydrogen-bond donors (Lipinski definition) is 3. The quantitative estimate of drug-likeness (QED) is 0.238. The number of carbonyl (C=O) groups is 1. The van der Waals surface area contributed by atoms with E-state index in [1.165, 1.54) is 6.08 Å². The monoisotopic (exact) mass is 560 g/mol. The average molecular weight is 561 g/mol. The van der Waals surface area contributed by atoms with Crippen LogP contribution in [0.2, 0.25) is 0 Å². The number of hydrogen-bond acceptors (Lipinski definition) is 7. The average Bonchev–Trinajstić information content (AvgIpc) is 3.33. The molecule has 4 aromatic rings. The molecule has 0 aliphatic heterocycles. The van der Waals surface area contributed by atoms with Gasteiger partial charge in [-0.05, 0) is 24.0 Å². The van der Waals surface area contributed by atoms with Gasteiger partial charge in [0.2, 0.25) is 5.91 Å². The summed E-state index contributed by atoms with van der Waals surface area (Å²) in [6.07, 6.45) is -0.198. The van der Waals surface area contributed by atoms with Crippen LogP contribution in [0.4, 0.5) is 4.39 Å². The maximum Gasteiger partial charge on any atom is 0.275 e. The molecule has 3 N–H and O–H groups in total. The van der Waals surface area contributed by atoms with Gasteiger partial charge < -0.3 is 20.1 Å². The van der Waals surface area contributed by atoms with Gasteiger partial charge in [0.05, 0.1) is 40.2 Å². The van der Waals surface area contributed by atoms with E-state index in [2.05, 4.69) is 33.0 Å². The number of aliphatic hydroxyl groups excluding tert-OH is 1. The Bertz CT molecular complexity index is 1680. The number of amides is 1. The summed E-state index contributed by atoms with van der Waals surface area (Å²) in [6.45, 7) is 8.62. The number of rotatable bonds is 11. The standard InChI is InChI=1S/C30H33FN6O4/c1-5-8-19(31)17-41-25-12-24-23(11-18(25)14-32)34-27(35-24)13-22-20-9-6-7-10-21(20)29(40)37(36-22)16-28(39)33-15-26(38)30(2,3)4/h5-7,9-12,19,26,38H,1,8,13,15-17H2,2-4H3,(H,33,39)(H,34,35). The largest absolute Gasteiger partial charge is 0.489 e. The molecule has 0 bridgehead atoms. The fourth-order valence-electron chi connectivity index (χ4n) is 4.22. The lowest BCUT2D eigenvalue weighted by Crippen LogP contribution is -2.41. The number of allylic oxidation sites excluding steroid dienone is 1. The van der Waals surface area contributed by atoms with E-state index in [0.29, 0.717) is 33.3 Å². The van der Waals surface area contributed by atoms with Gasteiger partial charge in [-0.1, -0.05) is 45.0 Å². The second-order valence-electron chi connectivity index (χ2n) is 10.9. The zero-order valence-corrected chi connectivity index (χ0v) is 23.3. The summed E-state index contributed by atoms with van der Waals surface area (Å²) in [4.78, 5) is 33.6. The number of nitriles is 1. The maximum absolute atomic E-state index is 13.9. The number of halogens is 1. The molecule has 2 heterocycles. The number of nitrogens with zero attached hydrogens (tertiary/aromatic N) is 4. The number of aromatic nitrogens is 4. The Balaban J connectivity index is 1.61.